The number of hydrogen-bond donors (Lipinski definition) is 1. The van der Waals surface area contributed by atoms with Gasteiger partial charge in [-0.3, -0.25) is 29.0 Å². The molecule has 7 heteroatoms. The molecule has 2 heterocycles. The Bertz CT molecular complexity index is 790. The van der Waals surface area contributed by atoms with Crippen LogP contribution >= 0.6 is 0 Å². The number of fused-ring (bicyclic) bond motifs is 2. The zero-order chi connectivity index (χ0) is 17.6. The van der Waals surface area contributed by atoms with E-state index < -0.39 is 5.91 Å². The summed E-state index contributed by atoms with van der Waals surface area (Å²) in [5.74, 6) is -2.03. The number of amides is 4. The van der Waals surface area contributed by atoms with E-state index in [9.17, 15) is 19.2 Å². The van der Waals surface area contributed by atoms with Gasteiger partial charge in [0.05, 0.1) is 23.2 Å². The molecule has 0 aromatic heterocycles. The maximum Gasteiger partial charge on any atom is 0.247 e. The fourth-order valence-electron chi connectivity index (χ4n) is 3.70. The summed E-state index contributed by atoms with van der Waals surface area (Å²) in [6, 6.07) is 6.96. The molecule has 1 aromatic carbocycles. The molecule has 0 bridgehead atoms. The van der Waals surface area contributed by atoms with Crippen LogP contribution in [0.2, 0.25) is 0 Å². The van der Waals surface area contributed by atoms with Crippen LogP contribution in [0.3, 0.4) is 0 Å². The van der Waals surface area contributed by atoms with Crippen molar-refractivity contribution in [1.29, 1.82) is 0 Å². The van der Waals surface area contributed by atoms with Gasteiger partial charge in [0.1, 0.15) is 13.1 Å². The Morgan fingerprint density at radius 1 is 1.04 bits per heavy atom. The van der Waals surface area contributed by atoms with Crippen molar-refractivity contribution in [3.8, 4) is 0 Å². The zero-order valence-electron chi connectivity index (χ0n) is 13.5. The summed E-state index contributed by atoms with van der Waals surface area (Å²) in [7, 11) is 0. The van der Waals surface area contributed by atoms with E-state index in [2.05, 4.69) is 5.32 Å². The van der Waals surface area contributed by atoms with E-state index in [4.69, 9.17) is 0 Å². The molecule has 0 radical (unpaired) electrons. The molecule has 0 spiro atoms. The number of carbonyl (C=O) groups excluding carboxylic acids is 4. The van der Waals surface area contributed by atoms with Gasteiger partial charge in [-0.25, -0.2) is 0 Å². The van der Waals surface area contributed by atoms with Gasteiger partial charge in [-0.2, -0.15) is 0 Å². The predicted molar refractivity (Wildman–Crippen MR) is 89.5 cm³/mol. The van der Waals surface area contributed by atoms with Gasteiger partial charge in [0.2, 0.25) is 23.6 Å². The van der Waals surface area contributed by atoms with E-state index in [-0.39, 0.29) is 42.6 Å². The zero-order valence-corrected chi connectivity index (χ0v) is 13.5. The van der Waals surface area contributed by atoms with E-state index in [0.29, 0.717) is 24.2 Å². The number of hydrogen-bond acceptors (Lipinski definition) is 4. The number of anilines is 2. The molecule has 0 unspecified atom stereocenters. The molecule has 2 atom stereocenters. The van der Waals surface area contributed by atoms with E-state index in [1.165, 1.54) is 4.90 Å². The number of benzene rings is 1. The van der Waals surface area contributed by atoms with Crippen LogP contribution in [0.4, 0.5) is 11.4 Å². The minimum Gasteiger partial charge on any atom is -0.323 e. The van der Waals surface area contributed by atoms with Crippen LogP contribution in [0.1, 0.15) is 12.8 Å². The average molecular weight is 339 g/mol. The monoisotopic (exact) mass is 339 g/mol. The van der Waals surface area contributed by atoms with Crippen LogP contribution in [0.5, 0.6) is 0 Å². The first-order chi connectivity index (χ1) is 12.1. The van der Waals surface area contributed by atoms with Crippen LogP contribution in [-0.4, -0.2) is 41.6 Å². The van der Waals surface area contributed by atoms with Crippen molar-refractivity contribution in [2.24, 2.45) is 11.8 Å². The van der Waals surface area contributed by atoms with Gasteiger partial charge in [-0.1, -0.05) is 24.3 Å². The number of likely N-dealkylation sites (tertiary alicyclic amines) is 1. The minimum absolute atomic E-state index is 0.125. The van der Waals surface area contributed by atoms with Gasteiger partial charge < -0.3 is 5.32 Å². The Morgan fingerprint density at radius 3 is 2.36 bits per heavy atom. The third-order valence-electron chi connectivity index (χ3n) is 4.96. The molecule has 1 saturated heterocycles. The van der Waals surface area contributed by atoms with Crippen LogP contribution in [0.15, 0.2) is 36.4 Å². The average Bonchev–Trinajstić information content (AvgIpc) is 2.86. The molecule has 7 nitrogen and oxygen atoms in total. The molecule has 128 valence electrons. The number of rotatable bonds is 2. The third-order valence-corrected chi connectivity index (χ3v) is 4.96. The maximum absolute atomic E-state index is 12.7. The number of imide groups is 1. The van der Waals surface area contributed by atoms with Crippen LogP contribution in [0, 0.1) is 11.8 Å². The summed E-state index contributed by atoms with van der Waals surface area (Å²) in [6.07, 6.45) is 4.88. The number of para-hydroxylation sites is 2. The van der Waals surface area contributed by atoms with Crippen molar-refractivity contribution >= 4 is 35.0 Å². The third kappa shape index (κ3) is 2.52. The number of allylic oxidation sites excluding steroid dienone is 2. The quantitative estimate of drug-likeness (QED) is 0.641. The Balaban J connectivity index is 1.56. The molecule has 0 saturated carbocycles. The van der Waals surface area contributed by atoms with Crippen LogP contribution in [-0.2, 0) is 19.2 Å². The molecule has 2 aliphatic heterocycles. The fraction of sp³-hybridized carbons (Fsp3) is 0.333. The summed E-state index contributed by atoms with van der Waals surface area (Å²) in [5, 5.41) is 2.71. The highest BCUT2D eigenvalue weighted by Crippen LogP contribution is 2.35. The second-order valence-corrected chi connectivity index (χ2v) is 6.46. The lowest BCUT2D eigenvalue weighted by atomic mass is 9.85. The highest BCUT2D eigenvalue weighted by atomic mass is 16.2. The van der Waals surface area contributed by atoms with E-state index in [0.717, 1.165) is 4.90 Å². The molecule has 1 aromatic rings. The first-order valence-electron chi connectivity index (χ1n) is 8.25. The van der Waals surface area contributed by atoms with Crippen molar-refractivity contribution in [2.45, 2.75) is 12.8 Å². The van der Waals surface area contributed by atoms with E-state index in [1.54, 1.807) is 24.3 Å². The van der Waals surface area contributed by atoms with Gasteiger partial charge in [0, 0.05) is 0 Å². The summed E-state index contributed by atoms with van der Waals surface area (Å²) in [5.41, 5.74) is 1.12. The summed E-state index contributed by atoms with van der Waals surface area (Å²) >= 11 is 0. The lowest BCUT2D eigenvalue weighted by Gasteiger charge is -2.30. The maximum atomic E-state index is 12.7. The number of nitrogens with zero attached hydrogens (tertiary/aromatic N) is 2. The van der Waals surface area contributed by atoms with E-state index in [1.807, 2.05) is 12.2 Å². The molecular weight excluding hydrogens is 322 g/mol. The van der Waals surface area contributed by atoms with Crippen molar-refractivity contribution in [3.05, 3.63) is 36.4 Å². The number of nitrogens with one attached hydrogen (secondary N) is 1. The molecule has 4 rings (SSSR count). The van der Waals surface area contributed by atoms with E-state index >= 15 is 0 Å². The highest BCUT2D eigenvalue weighted by Gasteiger charge is 2.48. The van der Waals surface area contributed by atoms with Crippen molar-refractivity contribution < 1.29 is 19.2 Å². The Kier molecular flexibility index (Phi) is 3.63. The van der Waals surface area contributed by atoms with Crippen LogP contribution in [0.25, 0.3) is 0 Å². The second kappa shape index (κ2) is 5.84. The van der Waals surface area contributed by atoms with Crippen molar-refractivity contribution in [2.75, 3.05) is 23.3 Å². The number of carbonyl (C=O) groups is 4. The predicted octanol–water partition coefficient (Wildman–Crippen LogP) is 0.923. The SMILES string of the molecule is O=C1CN(C(=O)CN2C(=O)[C@@H]3CC=CC[C@H]3C2=O)c2ccccc2N1. The molecule has 1 fully saturated rings. The van der Waals surface area contributed by atoms with Crippen molar-refractivity contribution in [1.82, 2.24) is 4.90 Å². The topological polar surface area (TPSA) is 86.8 Å². The standard InChI is InChI=1S/C18H17N3O4/c22-15-9-20(14-8-4-3-7-13(14)19-15)16(23)10-21-17(24)11-5-1-2-6-12(11)18(21)25/h1-4,7-8,11-12H,5-6,9-10H2,(H,19,22)/t11-,12-/m1/s1. The lowest BCUT2D eigenvalue weighted by molar-refractivity contribution is -0.143. The van der Waals surface area contributed by atoms with Gasteiger partial charge in [0.15, 0.2) is 0 Å². The van der Waals surface area contributed by atoms with Gasteiger partial charge in [-0.15, -0.1) is 0 Å². The minimum atomic E-state index is -0.435. The molecule has 1 N–H and O–H groups in total. The smallest absolute Gasteiger partial charge is 0.247 e. The van der Waals surface area contributed by atoms with Gasteiger partial charge in [-0.05, 0) is 25.0 Å². The fourth-order valence-corrected chi connectivity index (χ4v) is 3.70. The summed E-state index contributed by atoms with van der Waals surface area (Å²) in [4.78, 5) is 52.0. The van der Waals surface area contributed by atoms with Gasteiger partial charge >= 0.3 is 0 Å². The normalized spacial score (nSPS) is 24.9. The van der Waals surface area contributed by atoms with Gasteiger partial charge in [0.25, 0.3) is 0 Å². The summed E-state index contributed by atoms with van der Waals surface area (Å²) < 4.78 is 0. The first-order valence-corrected chi connectivity index (χ1v) is 8.25. The lowest BCUT2D eigenvalue weighted by Crippen LogP contribution is -2.48. The highest BCUT2D eigenvalue weighted by molar-refractivity contribution is 6.13. The first kappa shape index (κ1) is 15.6. The largest absolute Gasteiger partial charge is 0.323 e. The second-order valence-electron chi connectivity index (χ2n) is 6.46. The molecule has 4 amide bonds. The van der Waals surface area contributed by atoms with Crippen molar-refractivity contribution in [3.63, 3.8) is 0 Å². The molecule has 25 heavy (non-hydrogen) atoms. The molecule has 1 aliphatic carbocycles. The van der Waals surface area contributed by atoms with Crippen LogP contribution < -0.4 is 10.2 Å². The summed E-state index contributed by atoms with van der Waals surface area (Å²) in [6.45, 7) is -0.452. The Labute approximate surface area is 144 Å². The Hall–Kier alpha value is -2.96. The molecular formula is C18H17N3O4. The Morgan fingerprint density at radius 2 is 1.68 bits per heavy atom. The molecule has 3 aliphatic rings.